The van der Waals surface area contributed by atoms with Crippen molar-refractivity contribution >= 4 is 34.9 Å². The largest absolute Gasteiger partial charge is 0.547 e. The van der Waals surface area contributed by atoms with E-state index in [0.29, 0.717) is 0 Å². The molecule has 0 atom stereocenters. The third-order valence-electron chi connectivity index (χ3n) is 1.71. The lowest BCUT2D eigenvalue weighted by Gasteiger charge is -2.22. The van der Waals surface area contributed by atoms with Crippen molar-refractivity contribution < 1.29 is 9.90 Å². The predicted octanol–water partition coefficient (Wildman–Crippen LogP) is 1.42. The molecule has 5 heteroatoms. The van der Waals surface area contributed by atoms with Gasteiger partial charge in [-0.3, -0.25) is 4.48 Å². The fourth-order valence-corrected chi connectivity index (χ4v) is 0.875. The van der Waals surface area contributed by atoms with E-state index in [9.17, 15) is 9.90 Å². The lowest BCUT2D eigenvalue weighted by atomic mass is 10.3. The molecule has 0 unspecified atom stereocenters. The van der Waals surface area contributed by atoms with Crippen molar-refractivity contribution in [1.82, 2.24) is 4.48 Å². The summed E-state index contributed by atoms with van der Waals surface area (Å²) >= 11 is 9.43. The third kappa shape index (κ3) is 6.67. The molecule has 1 aromatic carbocycles. The molecule has 0 N–H and O–H groups in total. The average Bonchev–Trinajstić information content (AvgIpc) is 2.18. The van der Waals surface area contributed by atoms with E-state index >= 15 is 0 Å². The van der Waals surface area contributed by atoms with Crippen LogP contribution in [-0.4, -0.2) is 31.9 Å². The van der Waals surface area contributed by atoms with E-state index in [2.05, 4.69) is 45.4 Å². The van der Waals surface area contributed by atoms with Crippen LogP contribution in [0, 0.1) is 0 Å². The molecule has 0 aromatic heterocycles. The van der Waals surface area contributed by atoms with Crippen molar-refractivity contribution in [2.75, 3.05) is 21.1 Å². The Morgan fingerprint density at radius 3 is 1.75 bits per heavy atom. The number of halogens is 2. The monoisotopic (exact) mass is 263 g/mol. The second kappa shape index (κ2) is 6.74. The van der Waals surface area contributed by atoms with Crippen molar-refractivity contribution in [3.8, 4) is 0 Å². The number of rotatable bonds is 2. The molecule has 0 amide bonds. The summed E-state index contributed by atoms with van der Waals surface area (Å²) in [5.41, 5.74) is 1.34. The van der Waals surface area contributed by atoms with Crippen LogP contribution in [-0.2, 0) is 4.79 Å². The number of quaternary nitrogens is 1. The van der Waals surface area contributed by atoms with Crippen LogP contribution in [0.15, 0.2) is 30.3 Å². The van der Waals surface area contributed by atoms with Crippen LogP contribution in [0.25, 0.3) is 0 Å². The molecule has 0 saturated heterocycles. The highest BCUT2D eigenvalue weighted by Crippen LogP contribution is 2.14. The van der Waals surface area contributed by atoms with Gasteiger partial charge < -0.3 is 9.90 Å². The summed E-state index contributed by atoms with van der Waals surface area (Å²) < 4.78 is 0.890. The summed E-state index contributed by atoms with van der Waals surface area (Å²) in [5.74, 6) is -1.46. The van der Waals surface area contributed by atoms with E-state index in [-0.39, 0.29) is 0 Å². The van der Waals surface area contributed by atoms with Crippen molar-refractivity contribution in [1.29, 1.82) is 0 Å². The Labute approximate surface area is 106 Å². The number of hydrogen-bond acceptors (Lipinski definition) is 2. The van der Waals surface area contributed by atoms with Crippen LogP contribution in [0.2, 0.25) is 0 Å². The van der Waals surface area contributed by atoms with Crippen LogP contribution in [0.3, 0.4) is 0 Å². The fraction of sp³-hybridized carbons (Fsp3) is 0.364. The summed E-state index contributed by atoms with van der Waals surface area (Å²) in [6, 6.07) is 10.5. The minimum absolute atomic E-state index is 0.890. The molecular formula is C11H15Cl2NO2. The number of nitrogens with zero attached hydrogens (tertiary/aromatic N) is 1. The zero-order valence-electron chi connectivity index (χ0n) is 9.48. The van der Waals surface area contributed by atoms with Crippen LogP contribution < -0.4 is 9.59 Å². The number of carboxylic acids is 1. The molecule has 16 heavy (non-hydrogen) atoms. The number of hydrogen-bond donors (Lipinski definition) is 0. The molecule has 3 nitrogen and oxygen atoms in total. The Hall–Kier alpha value is -0.770. The first kappa shape index (κ1) is 15.2. The lowest BCUT2D eigenvalue weighted by Crippen LogP contribution is -2.34. The van der Waals surface area contributed by atoms with Crippen LogP contribution >= 0.6 is 23.2 Å². The molecule has 90 valence electrons. The van der Waals surface area contributed by atoms with Gasteiger partial charge in [-0.2, -0.15) is 0 Å². The zero-order chi connectivity index (χ0) is 12.8. The SMILES string of the molecule is C[N+](C)(C)c1ccccc1.O=C([O-])C(Cl)Cl. The van der Waals surface area contributed by atoms with Gasteiger partial charge >= 0.3 is 0 Å². The standard InChI is InChI=1S/C9H14N.C2H2Cl2O2/c1-10(2,3)9-7-5-4-6-8-9;3-1(4)2(5)6/h4-8H,1-3H3;1H,(H,5,6)/q+1;/p-1. The number of carbonyl (C=O) groups is 1. The van der Waals surface area contributed by atoms with Crippen molar-refractivity contribution in [3.63, 3.8) is 0 Å². The summed E-state index contributed by atoms with van der Waals surface area (Å²) in [6.45, 7) is 0. The van der Waals surface area contributed by atoms with E-state index in [0.717, 1.165) is 4.48 Å². The Bertz CT molecular complexity index is 321. The van der Waals surface area contributed by atoms with Gasteiger partial charge in [-0.25, -0.2) is 0 Å². The Morgan fingerprint density at radius 1 is 1.19 bits per heavy atom. The zero-order valence-corrected chi connectivity index (χ0v) is 11.0. The molecule has 0 spiro atoms. The van der Waals surface area contributed by atoms with E-state index < -0.39 is 10.8 Å². The second-order valence-electron chi connectivity index (χ2n) is 3.97. The molecule has 1 rings (SSSR count). The maximum absolute atomic E-state index is 9.32. The van der Waals surface area contributed by atoms with Crippen LogP contribution in [0.5, 0.6) is 0 Å². The number of para-hydroxylation sites is 1. The highest BCUT2D eigenvalue weighted by Gasteiger charge is 2.08. The average molecular weight is 264 g/mol. The summed E-state index contributed by atoms with van der Waals surface area (Å²) in [7, 11) is 6.49. The number of aliphatic carboxylic acids is 1. The van der Waals surface area contributed by atoms with Gasteiger partial charge in [-0.15, -0.1) is 0 Å². The quantitative estimate of drug-likeness (QED) is 0.598. The lowest BCUT2D eigenvalue weighted by molar-refractivity contribution is -0.302. The van der Waals surface area contributed by atoms with Crippen LogP contribution in [0.4, 0.5) is 5.69 Å². The maximum atomic E-state index is 9.32. The first-order chi connectivity index (χ1) is 7.25. The molecule has 0 radical (unpaired) electrons. The maximum Gasteiger partial charge on any atom is 0.146 e. The van der Waals surface area contributed by atoms with Crippen molar-refractivity contribution in [3.05, 3.63) is 30.3 Å². The Balaban J connectivity index is 0.000000325. The van der Waals surface area contributed by atoms with Crippen molar-refractivity contribution in [2.45, 2.75) is 4.84 Å². The molecule has 1 aromatic rings. The summed E-state index contributed by atoms with van der Waals surface area (Å²) in [4.78, 5) is 7.93. The number of alkyl halides is 2. The molecule has 0 heterocycles. The smallest absolute Gasteiger partial charge is 0.146 e. The second-order valence-corrected chi connectivity index (χ2v) is 5.06. The minimum Gasteiger partial charge on any atom is -0.547 e. The predicted molar refractivity (Wildman–Crippen MR) is 66.5 cm³/mol. The van der Waals surface area contributed by atoms with Crippen molar-refractivity contribution in [2.24, 2.45) is 0 Å². The molecule has 0 fully saturated rings. The molecule has 0 bridgehead atoms. The van der Waals surface area contributed by atoms with E-state index in [4.69, 9.17) is 23.2 Å². The fourth-order valence-electron chi connectivity index (χ4n) is 0.875. The first-order valence-electron chi connectivity index (χ1n) is 4.61. The highest BCUT2D eigenvalue weighted by atomic mass is 35.5. The topological polar surface area (TPSA) is 40.1 Å². The van der Waals surface area contributed by atoms with Gasteiger partial charge in [0.15, 0.2) is 0 Å². The summed E-state index contributed by atoms with van der Waals surface area (Å²) in [6.07, 6.45) is 0. The first-order valence-corrected chi connectivity index (χ1v) is 5.48. The Morgan fingerprint density at radius 2 is 1.56 bits per heavy atom. The molecule has 0 aliphatic carbocycles. The number of carboxylic acid groups (broad SMARTS) is 1. The highest BCUT2D eigenvalue weighted by molar-refractivity contribution is 6.52. The minimum atomic E-state index is -1.46. The molecule has 0 aliphatic rings. The van der Waals surface area contributed by atoms with E-state index in [1.54, 1.807) is 0 Å². The molecule has 0 saturated carbocycles. The van der Waals surface area contributed by atoms with Crippen LogP contribution in [0.1, 0.15) is 0 Å². The van der Waals surface area contributed by atoms with Gasteiger partial charge in [-0.1, -0.05) is 41.4 Å². The van der Waals surface area contributed by atoms with Gasteiger partial charge in [0.1, 0.15) is 10.5 Å². The van der Waals surface area contributed by atoms with Gasteiger partial charge in [0.25, 0.3) is 0 Å². The molecule has 0 aliphatic heterocycles. The molecular weight excluding hydrogens is 249 g/mol. The summed E-state index contributed by atoms with van der Waals surface area (Å²) in [5, 5.41) is 9.32. The van der Waals surface area contributed by atoms with E-state index in [1.807, 2.05) is 6.07 Å². The number of carbonyl (C=O) groups excluding carboxylic acids is 1. The van der Waals surface area contributed by atoms with Gasteiger partial charge in [0.2, 0.25) is 0 Å². The van der Waals surface area contributed by atoms with Gasteiger partial charge in [0, 0.05) is 0 Å². The van der Waals surface area contributed by atoms with E-state index in [1.165, 1.54) is 5.69 Å². The Kier molecular flexibility index (Phi) is 6.41. The third-order valence-corrected chi connectivity index (χ3v) is 2.07. The van der Waals surface area contributed by atoms with Gasteiger partial charge in [0.05, 0.1) is 27.1 Å². The normalized spacial score (nSPS) is 10.6. The van der Waals surface area contributed by atoms with Gasteiger partial charge in [-0.05, 0) is 12.1 Å². The number of benzene rings is 1.